The van der Waals surface area contributed by atoms with Crippen LogP contribution in [0, 0.1) is 5.92 Å². The Morgan fingerprint density at radius 3 is 2.52 bits per heavy atom. The van der Waals surface area contributed by atoms with Crippen LogP contribution in [0.5, 0.6) is 11.5 Å². The Morgan fingerprint density at radius 1 is 1.15 bits per heavy atom. The van der Waals surface area contributed by atoms with Gasteiger partial charge in [-0.15, -0.1) is 0 Å². The summed E-state index contributed by atoms with van der Waals surface area (Å²) < 4.78 is 40.0. The number of halogens is 2. The molecule has 1 aromatic rings. The molecule has 0 aliphatic heterocycles. The zero-order valence-electron chi connectivity index (χ0n) is 16.6. The molecule has 0 aliphatic carbocycles. The molecule has 0 atom stereocenters. The summed E-state index contributed by atoms with van der Waals surface area (Å²) in [6, 6.07) is 5.01. The normalized spacial score (nSPS) is 11.8. The van der Waals surface area contributed by atoms with Gasteiger partial charge in [-0.3, -0.25) is 4.99 Å². The van der Waals surface area contributed by atoms with E-state index >= 15 is 0 Å². The van der Waals surface area contributed by atoms with Gasteiger partial charge in [-0.2, -0.15) is 8.78 Å². The van der Waals surface area contributed by atoms with E-state index in [1.807, 2.05) is 6.07 Å². The molecule has 0 fully saturated rings. The number of aliphatic imine (C=N–C) groups is 1. The average molecular weight is 387 g/mol. The van der Waals surface area contributed by atoms with Gasteiger partial charge in [0.2, 0.25) is 0 Å². The number of guanidine groups is 1. The summed E-state index contributed by atoms with van der Waals surface area (Å²) in [7, 11) is 3.12. The van der Waals surface area contributed by atoms with Crippen molar-refractivity contribution in [3.63, 3.8) is 0 Å². The van der Waals surface area contributed by atoms with E-state index < -0.39 is 6.61 Å². The minimum Gasteiger partial charge on any atom is -0.493 e. The number of benzene rings is 1. The standard InChI is InChI=1S/C19H31F2N3O3/c1-14(2)13-26-11-5-9-23-19(22-3)24-10-8-15-6-7-16(25-4)17(12-15)27-18(20)21/h6-7,12,14,18H,5,8-11,13H2,1-4H3,(H2,22,23,24). The van der Waals surface area contributed by atoms with Crippen LogP contribution in [0.2, 0.25) is 0 Å². The van der Waals surface area contributed by atoms with E-state index in [1.165, 1.54) is 7.11 Å². The summed E-state index contributed by atoms with van der Waals surface area (Å²) in [6.07, 6.45) is 1.52. The Bertz CT molecular complexity index is 569. The molecule has 0 aliphatic rings. The molecule has 6 nitrogen and oxygen atoms in total. The summed E-state index contributed by atoms with van der Waals surface area (Å²) in [6.45, 7) is 4.19. The molecular formula is C19H31F2N3O3. The highest BCUT2D eigenvalue weighted by atomic mass is 19.3. The van der Waals surface area contributed by atoms with Crippen molar-refractivity contribution in [2.45, 2.75) is 33.3 Å². The zero-order chi connectivity index (χ0) is 20.1. The quantitative estimate of drug-likeness (QED) is 0.328. The van der Waals surface area contributed by atoms with Gasteiger partial charge < -0.3 is 24.8 Å². The lowest BCUT2D eigenvalue weighted by molar-refractivity contribution is -0.0512. The Kier molecular flexibility index (Phi) is 11.2. The molecule has 1 rings (SSSR count). The monoisotopic (exact) mass is 387 g/mol. The van der Waals surface area contributed by atoms with E-state index in [0.717, 1.165) is 25.1 Å². The van der Waals surface area contributed by atoms with E-state index in [2.05, 4.69) is 34.2 Å². The predicted molar refractivity (Wildman–Crippen MR) is 103 cm³/mol. The van der Waals surface area contributed by atoms with Crippen molar-refractivity contribution in [1.82, 2.24) is 10.6 Å². The number of alkyl halides is 2. The van der Waals surface area contributed by atoms with E-state index in [1.54, 1.807) is 19.2 Å². The molecule has 0 unspecified atom stereocenters. The van der Waals surface area contributed by atoms with Gasteiger partial charge in [0.1, 0.15) is 0 Å². The third-order valence-electron chi connectivity index (χ3n) is 3.58. The van der Waals surface area contributed by atoms with Gasteiger partial charge in [-0.1, -0.05) is 19.9 Å². The number of nitrogens with zero attached hydrogens (tertiary/aromatic N) is 1. The number of ether oxygens (including phenoxy) is 3. The molecule has 1 aromatic carbocycles. The first kappa shape index (κ1) is 23.0. The minimum absolute atomic E-state index is 0.0360. The predicted octanol–water partition coefficient (Wildman–Crippen LogP) is 3.07. The molecule has 0 saturated heterocycles. The van der Waals surface area contributed by atoms with E-state index in [4.69, 9.17) is 9.47 Å². The number of nitrogens with one attached hydrogen (secondary N) is 2. The molecule has 0 bridgehead atoms. The first-order valence-corrected chi connectivity index (χ1v) is 9.10. The number of rotatable bonds is 12. The van der Waals surface area contributed by atoms with Crippen LogP contribution < -0.4 is 20.1 Å². The first-order valence-electron chi connectivity index (χ1n) is 9.10. The van der Waals surface area contributed by atoms with Crippen molar-refractivity contribution in [2.75, 3.05) is 40.5 Å². The second kappa shape index (κ2) is 13.1. The van der Waals surface area contributed by atoms with Crippen LogP contribution in [-0.4, -0.2) is 53.0 Å². The maximum Gasteiger partial charge on any atom is 0.387 e. The van der Waals surface area contributed by atoms with Crippen LogP contribution in [0.3, 0.4) is 0 Å². The topological polar surface area (TPSA) is 64.1 Å². The van der Waals surface area contributed by atoms with E-state index in [9.17, 15) is 8.78 Å². The summed E-state index contributed by atoms with van der Waals surface area (Å²) in [5.41, 5.74) is 0.858. The molecule has 0 amide bonds. The van der Waals surface area contributed by atoms with Gasteiger partial charge in [0.05, 0.1) is 7.11 Å². The Balaban J connectivity index is 2.35. The van der Waals surface area contributed by atoms with Gasteiger partial charge in [0.25, 0.3) is 0 Å². The fourth-order valence-corrected chi connectivity index (χ4v) is 2.31. The van der Waals surface area contributed by atoms with Crippen LogP contribution in [0.15, 0.2) is 23.2 Å². The SMILES string of the molecule is CN=C(NCCCOCC(C)C)NCCc1ccc(OC)c(OC(F)F)c1. The van der Waals surface area contributed by atoms with Crippen molar-refractivity contribution in [2.24, 2.45) is 10.9 Å². The molecule has 0 spiro atoms. The third-order valence-corrected chi connectivity index (χ3v) is 3.58. The molecule has 0 radical (unpaired) electrons. The van der Waals surface area contributed by atoms with E-state index in [0.29, 0.717) is 31.4 Å². The third kappa shape index (κ3) is 9.98. The highest BCUT2D eigenvalue weighted by molar-refractivity contribution is 5.79. The smallest absolute Gasteiger partial charge is 0.387 e. The van der Waals surface area contributed by atoms with E-state index in [-0.39, 0.29) is 11.5 Å². The molecule has 154 valence electrons. The molecule has 8 heteroatoms. The van der Waals surface area contributed by atoms with Gasteiger partial charge in [0, 0.05) is 33.4 Å². The molecule has 27 heavy (non-hydrogen) atoms. The van der Waals surface area contributed by atoms with Crippen LogP contribution in [0.25, 0.3) is 0 Å². The molecule has 0 heterocycles. The van der Waals surface area contributed by atoms with Crippen LogP contribution in [-0.2, 0) is 11.2 Å². The van der Waals surface area contributed by atoms with Gasteiger partial charge in [-0.05, 0) is 36.5 Å². The second-order valence-corrected chi connectivity index (χ2v) is 6.36. The second-order valence-electron chi connectivity index (χ2n) is 6.36. The van der Waals surface area contributed by atoms with Crippen LogP contribution in [0.1, 0.15) is 25.8 Å². The lowest BCUT2D eigenvalue weighted by Crippen LogP contribution is -2.39. The fourth-order valence-electron chi connectivity index (χ4n) is 2.31. The van der Waals surface area contributed by atoms with Crippen molar-refractivity contribution >= 4 is 5.96 Å². The average Bonchev–Trinajstić information content (AvgIpc) is 2.62. The van der Waals surface area contributed by atoms with Crippen LogP contribution in [0.4, 0.5) is 8.78 Å². The first-order chi connectivity index (χ1) is 13.0. The Labute approximate surface area is 160 Å². The summed E-state index contributed by atoms with van der Waals surface area (Å²) in [5, 5.41) is 6.41. The maximum atomic E-state index is 12.5. The molecule has 0 aromatic heterocycles. The van der Waals surface area contributed by atoms with Crippen molar-refractivity contribution in [3.05, 3.63) is 23.8 Å². The van der Waals surface area contributed by atoms with Gasteiger partial charge in [-0.25, -0.2) is 0 Å². The lowest BCUT2D eigenvalue weighted by Gasteiger charge is -2.14. The minimum atomic E-state index is -2.89. The highest BCUT2D eigenvalue weighted by Gasteiger charge is 2.11. The summed E-state index contributed by atoms with van der Waals surface area (Å²) >= 11 is 0. The van der Waals surface area contributed by atoms with Crippen molar-refractivity contribution in [3.8, 4) is 11.5 Å². The number of hydrogen-bond donors (Lipinski definition) is 2. The summed E-state index contributed by atoms with van der Waals surface area (Å²) in [4.78, 5) is 4.16. The summed E-state index contributed by atoms with van der Waals surface area (Å²) in [5.74, 6) is 1.55. The molecular weight excluding hydrogens is 356 g/mol. The maximum absolute atomic E-state index is 12.5. The molecule has 2 N–H and O–H groups in total. The Morgan fingerprint density at radius 2 is 1.89 bits per heavy atom. The van der Waals surface area contributed by atoms with Crippen LogP contribution >= 0.6 is 0 Å². The number of hydrogen-bond acceptors (Lipinski definition) is 4. The Hall–Kier alpha value is -2.09. The number of methoxy groups -OCH3 is 1. The zero-order valence-corrected chi connectivity index (χ0v) is 16.6. The van der Waals surface area contributed by atoms with Crippen molar-refractivity contribution in [1.29, 1.82) is 0 Å². The highest BCUT2D eigenvalue weighted by Crippen LogP contribution is 2.29. The largest absolute Gasteiger partial charge is 0.493 e. The lowest BCUT2D eigenvalue weighted by atomic mass is 10.1. The fraction of sp³-hybridized carbons (Fsp3) is 0.632. The van der Waals surface area contributed by atoms with Gasteiger partial charge >= 0.3 is 6.61 Å². The molecule has 0 saturated carbocycles. The van der Waals surface area contributed by atoms with Gasteiger partial charge in [0.15, 0.2) is 17.5 Å². The van der Waals surface area contributed by atoms with Crippen molar-refractivity contribution < 1.29 is 23.0 Å².